The molecular weight excluding hydrogens is 585 g/mol. The Hall–Kier alpha value is -3.70. The fourth-order valence-electron chi connectivity index (χ4n) is 6.53. The zero-order chi connectivity index (χ0) is 32.8. The maximum Gasteiger partial charge on any atom is 0.239 e. The average Bonchev–Trinajstić information content (AvgIpc) is 3.34. The molecule has 46 heavy (non-hydrogen) atoms. The van der Waals surface area contributed by atoms with Gasteiger partial charge in [0.15, 0.2) is 0 Å². The summed E-state index contributed by atoms with van der Waals surface area (Å²) in [6.45, 7) is 7.67. The summed E-state index contributed by atoms with van der Waals surface area (Å²) >= 11 is 0. The molecule has 2 aromatic carbocycles. The molecule has 6 atom stereocenters. The molecule has 2 heterocycles. The maximum absolute atomic E-state index is 16.5. The lowest BCUT2D eigenvalue weighted by atomic mass is 9.90. The number of piperazine rings is 1. The van der Waals surface area contributed by atoms with Crippen LogP contribution in [0.15, 0.2) is 79.1 Å². The molecule has 1 aromatic heterocycles. The minimum Gasteiger partial charge on any atom is -0.390 e. The van der Waals surface area contributed by atoms with Gasteiger partial charge in [-0.25, -0.2) is 4.39 Å². The van der Waals surface area contributed by atoms with Crippen LogP contribution in [-0.2, 0) is 29.0 Å². The second-order valence-electron chi connectivity index (χ2n) is 13.6. The standard InChI is InChI=1S/C36H46FN5O4/c1-36(2,3)40-35(46)29-22-41(21-25-12-9-15-38-20-25)16-17-42(29)23-31(44)32(37)28(18-24-10-5-4-6-11-24)34(45)39-33-27-14-8-7-13-26(27)19-30(33)43/h4-15,20,28-33,43-44H,16-19,21-23H2,1-3H3,(H,39,45)(H,40,46)/t28-,29-,30+,31-,32-,33-/m0/s1. The highest BCUT2D eigenvalue weighted by molar-refractivity contribution is 5.83. The second kappa shape index (κ2) is 14.8. The molecule has 1 saturated heterocycles. The summed E-state index contributed by atoms with van der Waals surface area (Å²) < 4.78 is 16.5. The molecule has 3 aromatic rings. The van der Waals surface area contributed by atoms with Gasteiger partial charge in [-0.1, -0.05) is 60.7 Å². The summed E-state index contributed by atoms with van der Waals surface area (Å²) in [5.41, 5.74) is 3.07. The van der Waals surface area contributed by atoms with E-state index in [0.717, 1.165) is 22.3 Å². The van der Waals surface area contributed by atoms with Crippen molar-refractivity contribution in [2.45, 2.75) is 76.2 Å². The molecule has 10 heteroatoms. The van der Waals surface area contributed by atoms with Gasteiger partial charge in [0.1, 0.15) is 12.2 Å². The van der Waals surface area contributed by atoms with Gasteiger partial charge < -0.3 is 20.8 Å². The van der Waals surface area contributed by atoms with Crippen molar-refractivity contribution in [3.63, 3.8) is 0 Å². The van der Waals surface area contributed by atoms with E-state index in [-0.39, 0.29) is 18.9 Å². The lowest BCUT2D eigenvalue weighted by Gasteiger charge is -2.42. The van der Waals surface area contributed by atoms with E-state index in [2.05, 4.69) is 20.5 Å². The molecule has 2 aliphatic rings. The van der Waals surface area contributed by atoms with Gasteiger partial charge in [0.2, 0.25) is 11.8 Å². The molecule has 0 bridgehead atoms. The number of hydrogen-bond acceptors (Lipinski definition) is 7. The van der Waals surface area contributed by atoms with Gasteiger partial charge in [-0.3, -0.25) is 24.4 Å². The first-order valence-electron chi connectivity index (χ1n) is 16.1. The van der Waals surface area contributed by atoms with Crippen molar-refractivity contribution in [3.05, 3.63) is 101 Å². The molecule has 246 valence electrons. The highest BCUT2D eigenvalue weighted by Gasteiger charge is 2.41. The first kappa shape index (κ1) is 33.7. The Morgan fingerprint density at radius 1 is 1.02 bits per heavy atom. The summed E-state index contributed by atoms with van der Waals surface area (Å²) in [4.78, 5) is 35.5. The number of hydrogen-bond donors (Lipinski definition) is 4. The van der Waals surface area contributed by atoms with Crippen molar-refractivity contribution in [2.75, 3.05) is 26.2 Å². The number of benzene rings is 2. The minimum absolute atomic E-state index is 0.0716. The normalized spacial score (nSPS) is 22.4. The third-order valence-corrected chi connectivity index (χ3v) is 8.82. The van der Waals surface area contributed by atoms with Gasteiger partial charge in [-0.2, -0.15) is 0 Å². The summed E-state index contributed by atoms with van der Waals surface area (Å²) in [6.07, 6.45) is -0.292. The van der Waals surface area contributed by atoms with Crippen molar-refractivity contribution in [1.82, 2.24) is 25.4 Å². The van der Waals surface area contributed by atoms with Crippen molar-refractivity contribution >= 4 is 11.8 Å². The molecule has 9 nitrogen and oxygen atoms in total. The Morgan fingerprint density at radius 3 is 2.46 bits per heavy atom. The fourth-order valence-corrected chi connectivity index (χ4v) is 6.53. The molecule has 0 saturated carbocycles. The number of aliphatic hydroxyl groups is 2. The Kier molecular flexibility index (Phi) is 10.8. The van der Waals surface area contributed by atoms with Crippen LogP contribution >= 0.6 is 0 Å². The summed E-state index contributed by atoms with van der Waals surface area (Å²) in [5.74, 6) is -1.98. The lowest BCUT2D eigenvalue weighted by Crippen LogP contribution is -2.62. The first-order valence-corrected chi connectivity index (χ1v) is 16.1. The van der Waals surface area contributed by atoms with E-state index in [0.29, 0.717) is 32.6 Å². The number of rotatable bonds is 11. The number of β-amino-alcohol motifs (C(OH)–C–C–N with tert-alkyl or cyclic N) is 1. The predicted octanol–water partition coefficient (Wildman–Crippen LogP) is 2.81. The number of fused-ring (bicyclic) bond motifs is 1. The number of pyridine rings is 1. The van der Waals surface area contributed by atoms with Gasteiger partial charge in [-0.15, -0.1) is 0 Å². The molecule has 1 aliphatic carbocycles. The average molecular weight is 632 g/mol. The number of nitrogens with zero attached hydrogens (tertiary/aromatic N) is 3. The van der Waals surface area contributed by atoms with E-state index in [9.17, 15) is 19.8 Å². The summed E-state index contributed by atoms with van der Waals surface area (Å²) in [6, 6.07) is 19.2. The Bertz CT molecular complexity index is 1450. The number of aromatic nitrogens is 1. The number of halogens is 1. The SMILES string of the molecule is CC(C)(C)NC(=O)[C@@H]1CN(Cc2cccnc2)CCN1C[C@H](O)[C@@H](F)[C@H](Cc1ccccc1)C(=O)N[C@H]1c2ccccc2C[C@H]1O. The first-order chi connectivity index (χ1) is 22.0. The smallest absolute Gasteiger partial charge is 0.239 e. The van der Waals surface area contributed by atoms with Gasteiger partial charge in [0.25, 0.3) is 0 Å². The Labute approximate surface area is 270 Å². The highest BCUT2D eigenvalue weighted by atomic mass is 19.1. The summed E-state index contributed by atoms with van der Waals surface area (Å²) in [7, 11) is 0. The number of carbonyl (C=O) groups is 2. The number of alkyl halides is 1. The van der Waals surface area contributed by atoms with Crippen molar-refractivity contribution in [2.24, 2.45) is 5.92 Å². The van der Waals surface area contributed by atoms with E-state index in [1.807, 2.05) is 92.4 Å². The lowest BCUT2D eigenvalue weighted by molar-refractivity contribution is -0.135. The van der Waals surface area contributed by atoms with E-state index in [4.69, 9.17) is 0 Å². The van der Waals surface area contributed by atoms with Crippen LogP contribution in [0.25, 0.3) is 0 Å². The number of nitrogens with one attached hydrogen (secondary N) is 2. The minimum atomic E-state index is -1.92. The van der Waals surface area contributed by atoms with Crippen LogP contribution < -0.4 is 10.6 Å². The van der Waals surface area contributed by atoms with Crippen LogP contribution in [0, 0.1) is 5.92 Å². The topological polar surface area (TPSA) is 118 Å². The summed E-state index contributed by atoms with van der Waals surface area (Å²) in [5, 5.41) is 28.1. The van der Waals surface area contributed by atoms with E-state index in [1.54, 1.807) is 12.4 Å². The van der Waals surface area contributed by atoms with Gasteiger partial charge in [-0.05, 0) is 55.5 Å². The molecule has 1 fully saturated rings. The molecule has 0 unspecified atom stereocenters. The van der Waals surface area contributed by atoms with Crippen LogP contribution in [-0.4, -0.2) is 93.0 Å². The molecule has 4 N–H and O–H groups in total. The Morgan fingerprint density at radius 2 is 1.74 bits per heavy atom. The largest absolute Gasteiger partial charge is 0.390 e. The molecule has 1 aliphatic heterocycles. The third-order valence-electron chi connectivity index (χ3n) is 8.82. The fraction of sp³-hybridized carbons (Fsp3) is 0.472. The van der Waals surface area contributed by atoms with Gasteiger partial charge in [0.05, 0.1) is 24.2 Å². The van der Waals surface area contributed by atoms with Crippen molar-refractivity contribution in [1.29, 1.82) is 0 Å². The van der Waals surface area contributed by atoms with Gasteiger partial charge >= 0.3 is 0 Å². The zero-order valence-electron chi connectivity index (χ0n) is 26.8. The van der Waals surface area contributed by atoms with Gasteiger partial charge in [0, 0.05) is 57.1 Å². The number of aliphatic hydroxyl groups excluding tert-OH is 2. The number of amides is 2. The van der Waals surface area contributed by atoms with Crippen LogP contribution in [0.5, 0.6) is 0 Å². The predicted molar refractivity (Wildman–Crippen MR) is 174 cm³/mol. The Balaban J connectivity index is 1.32. The van der Waals surface area contributed by atoms with E-state index >= 15 is 4.39 Å². The molecule has 0 radical (unpaired) electrons. The van der Waals surface area contributed by atoms with E-state index in [1.165, 1.54) is 0 Å². The molecular formula is C36H46FN5O4. The van der Waals surface area contributed by atoms with Crippen LogP contribution in [0.1, 0.15) is 49.1 Å². The second-order valence-corrected chi connectivity index (χ2v) is 13.6. The third kappa shape index (κ3) is 8.55. The zero-order valence-corrected chi connectivity index (χ0v) is 26.8. The quantitative estimate of drug-likeness (QED) is 0.257. The monoisotopic (exact) mass is 631 g/mol. The molecule has 5 rings (SSSR count). The van der Waals surface area contributed by atoms with Crippen molar-refractivity contribution < 1.29 is 24.2 Å². The number of carbonyl (C=O) groups excluding carboxylic acids is 2. The molecule has 2 amide bonds. The molecule has 0 spiro atoms. The maximum atomic E-state index is 16.5. The van der Waals surface area contributed by atoms with Crippen LogP contribution in [0.2, 0.25) is 0 Å². The van der Waals surface area contributed by atoms with Crippen LogP contribution in [0.3, 0.4) is 0 Å². The van der Waals surface area contributed by atoms with Crippen LogP contribution in [0.4, 0.5) is 4.39 Å². The highest BCUT2D eigenvalue weighted by Crippen LogP contribution is 2.32. The van der Waals surface area contributed by atoms with Crippen molar-refractivity contribution in [3.8, 4) is 0 Å². The van der Waals surface area contributed by atoms with E-state index < -0.39 is 47.8 Å².